The van der Waals surface area contributed by atoms with Crippen molar-refractivity contribution < 1.29 is 0 Å². The summed E-state index contributed by atoms with van der Waals surface area (Å²) in [4.78, 5) is 8.05. The van der Waals surface area contributed by atoms with Crippen LogP contribution in [0.5, 0.6) is 0 Å². The molecule has 2 aliphatic rings. The second kappa shape index (κ2) is 15.4. The Hall–Kier alpha value is -7.75. The Morgan fingerprint density at radius 1 is 0.525 bits per heavy atom. The van der Waals surface area contributed by atoms with E-state index in [4.69, 9.17) is 4.99 Å². The van der Waals surface area contributed by atoms with Gasteiger partial charge in [0.1, 0.15) is 5.84 Å². The zero-order chi connectivity index (χ0) is 40.7. The Morgan fingerprint density at radius 3 is 2.07 bits per heavy atom. The van der Waals surface area contributed by atoms with Crippen molar-refractivity contribution in [1.29, 1.82) is 0 Å². The summed E-state index contributed by atoms with van der Waals surface area (Å²) in [6.07, 6.45) is 14.8. The van der Waals surface area contributed by atoms with Gasteiger partial charge in [0.25, 0.3) is 0 Å². The minimum atomic E-state index is 0.752. The largest absolute Gasteiger partial charge is 0.309 e. The van der Waals surface area contributed by atoms with Crippen LogP contribution in [0.3, 0.4) is 0 Å². The van der Waals surface area contributed by atoms with Crippen LogP contribution >= 0.6 is 0 Å². The second-order valence-corrected chi connectivity index (χ2v) is 15.8. The van der Waals surface area contributed by atoms with E-state index in [0.717, 1.165) is 52.3 Å². The summed E-state index contributed by atoms with van der Waals surface area (Å²) >= 11 is 0. The molecule has 2 heterocycles. The van der Waals surface area contributed by atoms with Gasteiger partial charge in [0.05, 0.1) is 28.1 Å². The standard InChI is InChI=1S/C58H43N3/c1-2-57(59-58(43-18-5-3-6-19-43)44-31-28-41(29-32-44)50-25-15-20-40-16-9-11-23-49(40)50)61-55-27-14-12-24-51(55)52-36-34-46(39-56(52)61)45-35-37-54-47(38-45)33-30-42-17-10-13-26-53(42)60(54)48-21-7-4-8-22-48/h3-18,20-39H,2,19H2,1H3/b58-43-,59-57?. The number of rotatable bonds is 6. The number of benzene rings is 8. The van der Waals surface area contributed by atoms with E-state index in [1.807, 2.05) is 0 Å². The molecule has 0 bridgehead atoms. The zero-order valence-corrected chi connectivity index (χ0v) is 34.0. The maximum atomic E-state index is 5.67. The number of hydrogen-bond acceptors (Lipinski definition) is 2. The van der Waals surface area contributed by atoms with Gasteiger partial charge in [-0.25, -0.2) is 4.99 Å². The third-order valence-corrected chi connectivity index (χ3v) is 12.2. The molecule has 0 atom stereocenters. The predicted molar refractivity (Wildman–Crippen MR) is 261 cm³/mol. The summed E-state index contributed by atoms with van der Waals surface area (Å²) in [5, 5.41) is 4.95. The van der Waals surface area contributed by atoms with E-state index >= 15 is 0 Å². The minimum Gasteiger partial charge on any atom is -0.309 e. The van der Waals surface area contributed by atoms with Crippen LogP contribution in [-0.4, -0.2) is 10.4 Å². The number of aromatic nitrogens is 1. The van der Waals surface area contributed by atoms with E-state index < -0.39 is 0 Å². The Labute approximate surface area is 356 Å². The molecule has 61 heavy (non-hydrogen) atoms. The van der Waals surface area contributed by atoms with E-state index in [2.05, 4.69) is 235 Å². The number of nitrogens with zero attached hydrogens (tertiary/aromatic N) is 3. The van der Waals surface area contributed by atoms with Crippen LogP contribution in [0, 0.1) is 0 Å². The van der Waals surface area contributed by atoms with Crippen molar-refractivity contribution in [3.63, 3.8) is 0 Å². The normalized spacial score (nSPS) is 14.4. The molecule has 0 unspecified atom stereocenters. The lowest BCUT2D eigenvalue weighted by Gasteiger charge is -2.27. The van der Waals surface area contributed by atoms with Crippen LogP contribution in [0.1, 0.15) is 36.5 Å². The fourth-order valence-electron chi connectivity index (χ4n) is 9.21. The highest BCUT2D eigenvalue weighted by atomic mass is 15.1. The molecule has 9 aromatic rings. The third-order valence-electron chi connectivity index (χ3n) is 12.2. The molecule has 8 aromatic carbocycles. The van der Waals surface area contributed by atoms with Crippen molar-refractivity contribution >= 4 is 73.3 Å². The molecule has 0 saturated carbocycles. The first-order chi connectivity index (χ1) is 30.2. The number of para-hydroxylation sites is 3. The number of hydrogen-bond donors (Lipinski definition) is 0. The molecule has 3 heteroatoms. The number of aliphatic imine (C=N–C) groups is 1. The highest BCUT2D eigenvalue weighted by Crippen LogP contribution is 2.44. The first-order valence-corrected chi connectivity index (χ1v) is 21.2. The van der Waals surface area contributed by atoms with Gasteiger partial charge in [-0.15, -0.1) is 0 Å². The van der Waals surface area contributed by atoms with Crippen LogP contribution in [0.25, 0.3) is 72.7 Å². The molecule has 0 N–H and O–H groups in total. The molecule has 0 spiro atoms. The van der Waals surface area contributed by atoms with Gasteiger partial charge in [-0.1, -0.05) is 183 Å². The smallest absolute Gasteiger partial charge is 0.114 e. The van der Waals surface area contributed by atoms with Gasteiger partial charge in [-0.2, -0.15) is 0 Å². The van der Waals surface area contributed by atoms with E-state index in [0.29, 0.717) is 0 Å². The fraction of sp³-hybridized carbons (Fsp3) is 0.0517. The quantitative estimate of drug-likeness (QED) is 0.122. The van der Waals surface area contributed by atoms with Crippen molar-refractivity contribution in [3.8, 4) is 22.3 Å². The SMILES string of the molecule is CCC(=N/C(=C1/C=CC=CC1)c1ccc(-c2cccc3ccccc23)cc1)n1c2ccccc2c2ccc(-c3ccc4c(c3)C=Cc3ccccc3N4c3ccccc3)cc21. The molecule has 1 aromatic heterocycles. The highest BCUT2D eigenvalue weighted by molar-refractivity contribution is 6.15. The Bertz CT molecular complexity index is 3290. The molecule has 0 radical (unpaired) electrons. The number of anilines is 3. The molecule has 290 valence electrons. The van der Waals surface area contributed by atoms with Crippen LogP contribution < -0.4 is 4.90 Å². The Morgan fingerprint density at radius 2 is 1.21 bits per heavy atom. The van der Waals surface area contributed by atoms with Crippen LogP contribution in [-0.2, 0) is 0 Å². The summed E-state index contributed by atoms with van der Waals surface area (Å²) in [6, 6.07) is 66.0. The van der Waals surface area contributed by atoms with Crippen LogP contribution in [0.15, 0.2) is 217 Å². The fourth-order valence-corrected chi connectivity index (χ4v) is 9.21. The van der Waals surface area contributed by atoms with E-state index in [-0.39, 0.29) is 0 Å². The van der Waals surface area contributed by atoms with Gasteiger partial charge >= 0.3 is 0 Å². The van der Waals surface area contributed by atoms with E-state index in [1.165, 1.54) is 66.2 Å². The Kier molecular flexibility index (Phi) is 9.20. The summed E-state index contributed by atoms with van der Waals surface area (Å²) in [5.74, 6) is 1.01. The summed E-state index contributed by atoms with van der Waals surface area (Å²) in [5.41, 5.74) is 16.2. The molecule has 1 aliphatic carbocycles. The van der Waals surface area contributed by atoms with Gasteiger partial charge in [0, 0.05) is 28.4 Å². The third kappa shape index (κ3) is 6.52. The molecule has 1 aliphatic heterocycles. The molecule has 11 rings (SSSR count). The molecule has 3 nitrogen and oxygen atoms in total. The maximum absolute atomic E-state index is 5.67. The minimum absolute atomic E-state index is 0.752. The average molecular weight is 782 g/mol. The average Bonchev–Trinajstić information content (AvgIpc) is 3.56. The highest BCUT2D eigenvalue weighted by Gasteiger charge is 2.21. The second-order valence-electron chi connectivity index (χ2n) is 15.8. The van der Waals surface area contributed by atoms with Gasteiger partial charge in [0.2, 0.25) is 0 Å². The van der Waals surface area contributed by atoms with Crippen molar-refractivity contribution in [2.45, 2.75) is 19.8 Å². The van der Waals surface area contributed by atoms with Gasteiger partial charge < -0.3 is 4.90 Å². The lowest BCUT2D eigenvalue weighted by Crippen LogP contribution is -2.11. The van der Waals surface area contributed by atoms with Crippen LogP contribution in [0.4, 0.5) is 17.1 Å². The van der Waals surface area contributed by atoms with Crippen molar-refractivity contribution in [2.75, 3.05) is 4.90 Å². The first-order valence-electron chi connectivity index (χ1n) is 21.2. The van der Waals surface area contributed by atoms with Crippen molar-refractivity contribution in [1.82, 2.24) is 4.57 Å². The maximum Gasteiger partial charge on any atom is 0.114 e. The van der Waals surface area contributed by atoms with E-state index in [9.17, 15) is 0 Å². The molecular weight excluding hydrogens is 739 g/mol. The van der Waals surface area contributed by atoms with Crippen molar-refractivity contribution in [2.24, 2.45) is 4.99 Å². The molecule has 0 amide bonds. The number of fused-ring (bicyclic) bond motifs is 6. The first kappa shape index (κ1) is 36.3. The molecule has 0 saturated heterocycles. The van der Waals surface area contributed by atoms with E-state index in [1.54, 1.807) is 0 Å². The molecular formula is C58H43N3. The predicted octanol–water partition coefficient (Wildman–Crippen LogP) is 15.8. The number of allylic oxidation sites excluding steroid dienone is 5. The topological polar surface area (TPSA) is 20.5 Å². The summed E-state index contributed by atoms with van der Waals surface area (Å²) in [7, 11) is 0. The Balaban J connectivity index is 1.04. The monoisotopic (exact) mass is 781 g/mol. The lowest BCUT2D eigenvalue weighted by atomic mass is 9.95. The summed E-state index contributed by atoms with van der Waals surface area (Å²) in [6.45, 7) is 2.22. The lowest BCUT2D eigenvalue weighted by molar-refractivity contribution is 1.12. The zero-order valence-electron chi connectivity index (χ0n) is 34.0. The van der Waals surface area contributed by atoms with Gasteiger partial charge in [0.15, 0.2) is 0 Å². The van der Waals surface area contributed by atoms with Crippen LogP contribution in [0.2, 0.25) is 0 Å². The molecule has 0 fully saturated rings. The van der Waals surface area contributed by atoms with Crippen molar-refractivity contribution in [3.05, 3.63) is 229 Å². The summed E-state index contributed by atoms with van der Waals surface area (Å²) < 4.78 is 2.40. The van der Waals surface area contributed by atoms with Gasteiger partial charge in [-0.3, -0.25) is 4.57 Å². The van der Waals surface area contributed by atoms with Gasteiger partial charge in [-0.05, 0) is 98.6 Å².